The normalized spacial score (nSPS) is 41.3. The third-order valence-electron chi connectivity index (χ3n) is 9.52. The second-order valence-electron chi connectivity index (χ2n) is 10.7. The number of aliphatic hydroxyl groups is 1. The second kappa shape index (κ2) is 6.11. The zero-order valence-corrected chi connectivity index (χ0v) is 17.7. The highest BCUT2D eigenvalue weighted by atomic mass is 16.3. The van der Waals surface area contributed by atoms with Crippen LogP contribution in [0.4, 0.5) is 0 Å². The largest absolute Gasteiger partial charge is 0.393 e. The van der Waals surface area contributed by atoms with Gasteiger partial charge in [-0.2, -0.15) is 0 Å². The van der Waals surface area contributed by atoms with E-state index in [0.717, 1.165) is 30.6 Å². The number of nitrogens with one attached hydrogen (secondary N) is 1. The summed E-state index contributed by atoms with van der Waals surface area (Å²) in [5.41, 5.74) is 6.47. The monoisotopic (exact) mass is 387 g/mol. The Balaban J connectivity index is 1.34. The van der Waals surface area contributed by atoms with Crippen molar-refractivity contribution in [1.29, 1.82) is 0 Å². The van der Waals surface area contributed by atoms with Gasteiger partial charge >= 0.3 is 0 Å². The fourth-order valence-corrected chi connectivity index (χ4v) is 7.88. The lowest BCUT2D eigenvalue weighted by Crippen LogP contribution is -2.49. The maximum Gasteiger partial charge on any atom is 0.0577 e. The molecule has 1 aromatic carbocycles. The lowest BCUT2D eigenvalue weighted by atomic mass is 9.47. The van der Waals surface area contributed by atoms with Gasteiger partial charge in [0.05, 0.1) is 6.10 Å². The number of aliphatic hydroxyl groups excluding tert-OH is 1. The van der Waals surface area contributed by atoms with Gasteiger partial charge in [0.1, 0.15) is 0 Å². The lowest BCUT2D eigenvalue weighted by Gasteiger charge is -2.57. The molecule has 6 atom stereocenters. The van der Waals surface area contributed by atoms with E-state index in [2.05, 4.69) is 55.2 Å². The summed E-state index contributed by atoms with van der Waals surface area (Å²) in [5, 5.41) is 11.5. The van der Waals surface area contributed by atoms with E-state index in [0.29, 0.717) is 10.8 Å². The first-order valence-corrected chi connectivity index (χ1v) is 11.6. The Labute approximate surface area is 174 Å². The number of hydrogen-bond acceptors (Lipinski definition) is 1. The summed E-state index contributed by atoms with van der Waals surface area (Å²) >= 11 is 0. The molecule has 4 aliphatic rings. The molecular weight excluding hydrogens is 354 g/mol. The third kappa shape index (κ3) is 2.45. The smallest absolute Gasteiger partial charge is 0.0577 e. The molecule has 0 saturated heterocycles. The Bertz CT molecular complexity index is 1030. The van der Waals surface area contributed by atoms with Crippen LogP contribution in [0.5, 0.6) is 0 Å². The van der Waals surface area contributed by atoms with Crippen LogP contribution in [0, 0.1) is 28.6 Å². The Hall–Kier alpha value is -1.80. The van der Waals surface area contributed by atoms with E-state index in [1.807, 2.05) is 6.20 Å². The second-order valence-corrected chi connectivity index (χ2v) is 10.7. The van der Waals surface area contributed by atoms with Crippen LogP contribution >= 0.6 is 0 Å². The topological polar surface area (TPSA) is 36.0 Å². The van der Waals surface area contributed by atoms with Gasteiger partial charge in [-0.25, -0.2) is 0 Å². The SMILES string of the molecule is C[C@]12CC[C@H](O)CC1=CC[C@@H]1[C@@H]2CC[C@]2(C)C(c3ccc4[nH]ccc4c3)=CC[C@@H]12. The highest BCUT2D eigenvalue weighted by Gasteiger charge is 2.56. The van der Waals surface area contributed by atoms with Gasteiger partial charge in [-0.05, 0) is 108 Å². The zero-order valence-electron chi connectivity index (χ0n) is 17.7. The van der Waals surface area contributed by atoms with Gasteiger partial charge < -0.3 is 10.1 Å². The Kier molecular flexibility index (Phi) is 3.79. The molecular formula is C27H33NO. The van der Waals surface area contributed by atoms with Crippen molar-refractivity contribution in [2.75, 3.05) is 0 Å². The molecule has 29 heavy (non-hydrogen) atoms. The minimum Gasteiger partial charge on any atom is -0.393 e. The van der Waals surface area contributed by atoms with Crippen molar-refractivity contribution >= 4 is 16.5 Å². The number of aromatic amines is 1. The number of aromatic nitrogens is 1. The van der Waals surface area contributed by atoms with Gasteiger partial charge in [-0.3, -0.25) is 0 Å². The minimum absolute atomic E-state index is 0.108. The Morgan fingerprint density at radius 3 is 2.72 bits per heavy atom. The van der Waals surface area contributed by atoms with Gasteiger partial charge in [0.2, 0.25) is 0 Å². The van der Waals surface area contributed by atoms with Crippen molar-refractivity contribution in [3.8, 4) is 0 Å². The number of rotatable bonds is 1. The van der Waals surface area contributed by atoms with E-state index in [1.54, 1.807) is 11.1 Å². The van der Waals surface area contributed by atoms with Crippen molar-refractivity contribution in [3.05, 3.63) is 53.8 Å². The van der Waals surface area contributed by atoms with Gasteiger partial charge in [-0.15, -0.1) is 0 Å². The quantitative estimate of drug-likeness (QED) is 0.539. The predicted octanol–water partition coefficient (Wildman–Crippen LogP) is 6.48. The van der Waals surface area contributed by atoms with Crippen LogP contribution in [-0.4, -0.2) is 16.2 Å². The Morgan fingerprint density at radius 1 is 0.966 bits per heavy atom. The van der Waals surface area contributed by atoms with E-state index in [9.17, 15) is 5.11 Å². The van der Waals surface area contributed by atoms with Crippen LogP contribution in [0.1, 0.15) is 64.4 Å². The van der Waals surface area contributed by atoms with E-state index in [1.165, 1.54) is 48.6 Å². The molecule has 0 radical (unpaired) electrons. The molecule has 152 valence electrons. The average Bonchev–Trinajstić information content (AvgIpc) is 3.31. The number of fused-ring (bicyclic) bond motifs is 6. The highest BCUT2D eigenvalue weighted by Crippen LogP contribution is 2.66. The fraction of sp³-hybridized carbons (Fsp3) is 0.556. The lowest BCUT2D eigenvalue weighted by molar-refractivity contribution is -0.0238. The first kappa shape index (κ1) is 18.0. The molecule has 2 N–H and O–H groups in total. The van der Waals surface area contributed by atoms with Crippen LogP contribution < -0.4 is 0 Å². The molecule has 0 amide bonds. The molecule has 6 rings (SSSR count). The molecule has 0 bridgehead atoms. The van der Waals surface area contributed by atoms with Crippen molar-refractivity contribution in [2.24, 2.45) is 28.6 Å². The Morgan fingerprint density at radius 2 is 1.83 bits per heavy atom. The van der Waals surface area contributed by atoms with Crippen molar-refractivity contribution in [3.63, 3.8) is 0 Å². The van der Waals surface area contributed by atoms with Gasteiger partial charge in [-0.1, -0.05) is 37.6 Å². The average molecular weight is 388 g/mol. The van der Waals surface area contributed by atoms with E-state index < -0.39 is 0 Å². The van der Waals surface area contributed by atoms with Crippen LogP contribution in [-0.2, 0) is 0 Å². The molecule has 0 spiro atoms. The van der Waals surface area contributed by atoms with Gasteiger partial charge in [0, 0.05) is 11.7 Å². The zero-order chi connectivity index (χ0) is 19.8. The van der Waals surface area contributed by atoms with E-state index in [4.69, 9.17) is 0 Å². The fourth-order valence-electron chi connectivity index (χ4n) is 7.88. The minimum atomic E-state index is -0.108. The summed E-state index contributed by atoms with van der Waals surface area (Å²) in [6, 6.07) is 9.15. The van der Waals surface area contributed by atoms with Crippen molar-refractivity contribution < 1.29 is 5.11 Å². The van der Waals surface area contributed by atoms with Crippen molar-refractivity contribution in [1.82, 2.24) is 4.98 Å². The number of hydrogen-bond donors (Lipinski definition) is 2. The molecule has 2 aromatic rings. The third-order valence-corrected chi connectivity index (χ3v) is 9.52. The maximum absolute atomic E-state index is 10.2. The first-order valence-electron chi connectivity index (χ1n) is 11.6. The predicted molar refractivity (Wildman–Crippen MR) is 119 cm³/mol. The van der Waals surface area contributed by atoms with Crippen LogP contribution in [0.25, 0.3) is 16.5 Å². The van der Waals surface area contributed by atoms with E-state index >= 15 is 0 Å². The molecule has 2 nitrogen and oxygen atoms in total. The molecule has 1 heterocycles. The summed E-state index contributed by atoms with van der Waals surface area (Å²) in [7, 11) is 0. The number of allylic oxidation sites excluding steroid dienone is 3. The molecule has 0 aliphatic heterocycles. The summed E-state index contributed by atoms with van der Waals surface area (Å²) in [4.78, 5) is 3.33. The van der Waals surface area contributed by atoms with Crippen LogP contribution in [0.2, 0.25) is 0 Å². The summed E-state index contributed by atoms with van der Waals surface area (Å²) in [6.07, 6.45) is 15.2. The van der Waals surface area contributed by atoms with Gasteiger partial charge in [0.25, 0.3) is 0 Å². The molecule has 2 saturated carbocycles. The molecule has 1 aromatic heterocycles. The standard InChI is InChI=1S/C27H33NO/c1-26-12-9-20(29)16-19(26)4-5-21-23-7-6-22(27(23,2)13-10-24(21)26)17-3-8-25-18(15-17)11-14-28-25/h3-4,6,8,11,14-15,20-21,23-24,28-29H,5,7,9-10,12-13,16H2,1-2H3/t20-,21-,23-,24-,26-,27+/m0/s1. The first-order chi connectivity index (χ1) is 14.0. The van der Waals surface area contributed by atoms with Crippen molar-refractivity contribution in [2.45, 2.75) is 64.9 Å². The molecule has 4 aliphatic carbocycles. The summed E-state index contributed by atoms with van der Waals surface area (Å²) in [5.74, 6) is 2.36. The molecule has 0 unspecified atom stereocenters. The molecule has 2 fully saturated rings. The van der Waals surface area contributed by atoms with Crippen LogP contribution in [0.15, 0.2) is 48.2 Å². The van der Waals surface area contributed by atoms with E-state index in [-0.39, 0.29) is 6.10 Å². The maximum atomic E-state index is 10.2. The summed E-state index contributed by atoms with van der Waals surface area (Å²) < 4.78 is 0. The summed E-state index contributed by atoms with van der Waals surface area (Å²) in [6.45, 7) is 5.08. The molecule has 2 heteroatoms. The number of benzene rings is 1. The number of H-pyrrole nitrogens is 1. The van der Waals surface area contributed by atoms with Crippen LogP contribution in [0.3, 0.4) is 0 Å². The van der Waals surface area contributed by atoms with Gasteiger partial charge in [0.15, 0.2) is 0 Å². The highest BCUT2D eigenvalue weighted by molar-refractivity contribution is 5.85.